The Morgan fingerprint density at radius 2 is 2.00 bits per heavy atom. The van der Waals surface area contributed by atoms with E-state index < -0.39 is 10.1 Å². The highest BCUT2D eigenvalue weighted by molar-refractivity contribution is 7.87. The normalized spacial score (nSPS) is 27.2. The molecule has 2 fully saturated rings. The van der Waals surface area contributed by atoms with E-state index in [2.05, 4.69) is 5.32 Å². The van der Waals surface area contributed by atoms with E-state index in [4.69, 9.17) is 8.92 Å². The van der Waals surface area contributed by atoms with E-state index in [1.165, 1.54) is 12.0 Å². The minimum Gasteiger partial charge on any atom is -0.488 e. The molecule has 6 heteroatoms. The first kappa shape index (κ1) is 16.2. The van der Waals surface area contributed by atoms with Crippen molar-refractivity contribution >= 4 is 10.1 Å². The van der Waals surface area contributed by atoms with E-state index in [1.807, 2.05) is 6.07 Å². The monoisotopic (exact) mass is 351 g/mol. The topological polar surface area (TPSA) is 64.6 Å². The molecule has 0 amide bonds. The van der Waals surface area contributed by atoms with Gasteiger partial charge in [-0.3, -0.25) is 0 Å². The predicted molar refractivity (Wildman–Crippen MR) is 92.1 cm³/mol. The molecule has 2 unspecified atom stereocenters. The second-order valence-electron chi connectivity index (χ2n) is 7.27. The zero-order chi connectivity index (χ0) is 16.6. The molecule has 5 nitrogen and oxygen atoms in total. The molecule has 1 saturated carbocycles. The number of nitrogens with one attached hydrogen (secondary N) is 1. The quantitative estimate of drug-likeness (QED) is 0.845. The van der Waals surface area contributed by atoms with Crippen LogP contribution in [0.15, 0.2) is 18.2 Å². The van der Waals surface area contributed by atoms with Crippen LogP contribution in [0.4, 0.5) is 0 Å². The summed E-state index contributed by atoms with van der Waals surface area (Å²) in [6.45, 7) is 1.84. The summed E-state index contributed by atoms with van der Waals surface area (Å²) in [6.07, 6.45) is 6.67. The first-order valence-electron chi connectivity index (χ1n) is 9.04. The number of hydrogen-bond acceptors (Lipinski definition) is 5. The number of rotatable bonds is 4. The van der Waals surface area contributed by atoms with Crippen molar-refractivity contribution in [3.05, 3.63) is 23.8 Å². The maximum Gasteiger partial charge on any atom is 0.309 e. The van der Waals surface area contributed by atoms with Crippen LogP contribution in [-0.2, 0) is 10.1 Å². The molecule has 0 radical (unpaired) electrons. The number of ether oxygens (including phenoxy) is 1. The molecule has 1 N–H and O–H groups in total. The van der Waals surface area contributed by atoms with Gasteiger partial charge in [-0.2, -0.15) is 8.42 Å². The van der Waals surface area contributed by atoms with Crippen LogP contribution in [0.3, 0.4) is 0 Å². The van der Waals surface area contributed by atoms with Crippen LogP contribution in [0.2, 0.25) is 0 Å². The van der Waals surface area contributed by atoms with Crippen LogP contribution in [-0.4, -0.2) is 33.4 Å². The highest BCUT2D eigenvalue weighted by Gasteiger charge is 2.36. The Bertz CT molecular complexity index is 697. The third kappa shape index (κ3) is 3.40. The van der Waals surface area contributed by atoms with E-state index in [0.717, 1.165) is 50.9 Å². The molecule has 1 saturated heterocycles. The summed E-state index contributed by atoms with van der Waals surface area (Å²) in [4.78, 5) is 0. The Hall–Kier alpha value is -1.27. The van der Waals surface area contributed by atoms with Gasteiger partial charge in [0, 0.05) is 24.1 Å². The minimum absolute atomic E-state index is 0.125. The smallest absolute Gasteiger partial charge is 0.309 e. The number of hydrogen-bond donors (Lipinski definition) is 1. The van der Waals surface area contributed by atoms with Crippen molar-refractivity contribution in [3.63, 3.8) is 0 Å². The summed E-state index contributed by atoms with van der Waals surface area (Å²) in [6, 6.07) is 5.48. The van der Waals surface area contributed by atoms with E-state index in [-0.39, 0.29) is 17.8 Å². The van der Waals surface area contributed by atoms with Crippen molar-refractivity contribution < 1.29 is 17.3 Å². The van der Waals surface area contributed by atoms with E-state index in [1.54, 1.807) is 12.1 Å². The zero-order valence-corrected chi connectivity index (χ0v) is 14.7. The highest BCUT2D eigenvalue weighted by Crippen LogP contribution is 2.43. The number of benzene rings is 1. The number of piperidine rings is 1. The van der Waals surface area contributed by atoms with Crippen LogP contribution >= 0.6 is 0 Å². The van der Waals surface area contributed by atoms with Gasteiger partial charge in [-0.25, -0.2) is 0 Å². The minimum atomic E-state index is -3.55. The average Bonchev–Trinajstić information content (AvgIpc) is 2.92. The molecular formula is C18H25NO4S. The highest BCUT2D eigenvalue weighted by atomic mass is 32.2. The molecular weight excluding hydrogens is 326 g/mol. The lowest BCUT2D eigenvalue weighted by Crippen LogP contribution is -2.39. The van der Waals surface area contributed by atoms with Crippen LogP contribution < -0.4 is 14.2 Å². The van der Waals surface area contributed by atoms with Gasteiger partial charge in [0.15, 0.2) is 0 Å². The Balaban J connectivity index is 1.45. The SMILES string of the molecule is O=S(=O)(CC1CCCCC1)Oc1ccc2c(c1)OC1CNCCC21. The molecule has 0 spiro atoms. The first-order chi connectivity index (χ1) is 11.6. The summed E-state index contributed by atoms with van der Waals surface area (Å²) in [5.74, 6) is 1.92. The molecule has 132 valence electrons. The third-order valence-corrected chi connectivity index (χ3v) is 6.80. The van der Waals surface area contributed by atoms with Gasteiger partial charge >= 0.3 is 10.1 Å². The van der Waals surface area contributed by atoms with Crippen LogP contribution in [0.5, 0.6) is 11.5 Å². The largest absolute Gasteiger partial charge is 0.488 e. The van der Waals surface area contributed by atoms with Crippen LogP contribution in [0.25, 0.3) is 0 Å². The molecule has 2 atom stereocenters. The van der Waals surface area contributed by atoms with Crippen molar-refractivity contribution in [3.8, 4) is 11.5 Å². The maximum absolute atomic E-state index is 12.3. The van der Waals surface area contributed by atoms with Crippen LogP contribution in [0.1, 0.15) is 50.0 Å². The standard InChI is InChI=1S/C18H25NO4S/c20-24(21,12-13-4-2-1-3-5-13)23-14-6-7-15-16-8-9-19-11-18(16)22-17(15)10-14/h6-7,10,13,16,18-19H,1-5,8-9,11-12H2. The van der Waals surface area contributed by atoms with Gasteiger partial charge in [-0.1, -0.05) is 25.3 Å². The average molecular weight is 351 g/mol. The lowest BCUT2D eigenvalue weighted by molar-refractivity contribution is 0.176. The molecule has 24 heavy (non-hydrogen) atoms. The Morgan fingerprint density at radius 1 is 1.17 bits per heavy atom. The lowest BCUT2D eigenvalue weighted by atomic mass is 9.90. The summed E-state index contributed by atoms with van der Waals surface area (Å²) < 4.78 is 36.0. The van der Waals surface area contributed by atoms with Gasteiger partial charge in [0.25, 0.3) is 0 Å². The number of fused-ring (bicyclic) bond motifs is 3. The molecule has 3 aliphatic rings. The molecule has 2 heterocycles. The van der Waals surface area contributed by atoms with Gasteiger partial charge in [0.05, 0.1) is 5.75 Å². The van der Waals surface area contributed by atoms with Gasteiger partial charge in [-0.15, -0.1) is 0 Å². The maximum atomic E-state index is 12.3. The lowest BCUT2D eigenvalue weighted by Gasteiger charge is -2.24. The molecule has 1 aliphatic carbocycles. The molecule has 0 bridgehead atoms. The van der Waals surface area contributed by atoms with Crippen molar-refractivity contribution in [2.75, 3.05) is 18.8 Å². The Morgan fingerprint density at radius 3 is 2.83 bits per heavy atom. The summed E-state index contributed by atoms with van der Waals surface area (Å²) >= 11 is 0. The van der Waals surface area contributed by atoms with E-state index in [9.17, 15) is 8.42 Å². The fraction of sp³-hybridized carbons (Fsp3) is 0.667. The van der Waals surface area contributed by atoms with E-state index >= 15 is 0 Å². The van der Waals surface area contributed by atoms with Gasteiger partial charge in [-0.05, 0) is 37.8 Å². The first-order valence-corrected chi connectivity index (χ1v) is 10.6. The van der Waals surface area contributed by atoms with Crippen molar-refractivity contribution in [2.45, 2.75) is 50.5 Å². The van der Waals surface area contributed by atoms with Gasteiger partial charge in [0.1, 0.15) is 17.6 Å². The van der Waals surface area contributed by atoms with Gasteiger partial charge < -0.3 is 14.2 Å². The van der Waals surface area contributed by atoms with Gasteiger partial charge in [0.2, 0.25) is 0 Å². The molecule has 1 aromatic carbocycles. The van der Waals surface area contributed by atoms with E-state index in [0.29, 0.717) is 11.7 Å². The summed E-state index contributed by atoms with van der Waals surface area (Å²) in [7, 11) is -3.55. The Labute approximate surface area is 143 Å². The van der Waals surface area contributed by atoms with Crippen molar-refractivity contribution in [2.24, 2.45) is 5.92 Å². The predicted octanol–water partition coefficient (Wildman–Crippen LogP) is 2.81. The van der Waals surface area contributed by atoms with Crippen LogP contribution in [0, 0.1) is 5.92 Å². The Kier molecular flexibility index (Phi) is 4.43. The van der Waals surface area contributed by atoms with Crippen molar-refractivity contribution in [1.29, 1.82) is 0 Å². The summed E-state index contributed by atoms with van der Waals surface area (Å²) in [5.41, 5.74) is 1.18. The summed E-state index contributed by atoms with van der Waals surface area (Å²) in [5, 5.41) is 3.34. The van der Waals surface area contributed by atoms with Crippen molar-refractivity contribution in [1.82, 2.24) is 5.32 Å². The fourth-order valence-corrected chi connectivity index (χ4v) is 5.65. The second kappa shape index (κ2) is 6.56. The fourth-order valence-electron chi connectivity index (χ4n) is 4.27. The third-order valence-electron chi connectivity index (χ3n) is 5.48. The molecule has 4 rings (SSSR count). The molecule has 2 aliphatic heterocycles. The molecule has 1 aromatic rings. The zero-order valence-electron chi connectivity index (χ0n) is 13.9. The molecule has 0 aromatic heterocycles. The second-order valence-corrected chi connectivity index (χ2v) is 8.88.